The molecule has 1 aromatic heterocycles. The second-order valence-electron chi connectivity index (χ2n) is 4.77. The van der Waals surface area contributed by atoms with Gasteiger partial charge in [0.15, 0.2) is 12.8 Å². The molecule has 0 radical (unpaired) electrons. The topological polar surface area (TPSA) is 109 Å². The Bertz CT molecular complexity index is 811. The first kappa shape index (κ1) is 18.8. The van der Waals surface area contributed by atoms with Gasteiger partial charge in [-0.25, -0.2) is 4.79 Å². The van der Waals surface area contributed by atoms with Crippen LogP contribution in [0.2, 0.25) is 0 Å². The highest BCUT2D eigenvalue weighted by molar-refractivity contribution is 6.05. The predicted molar refractivity (Wildman–Crippen MR) is 81.2 cm³/mol. The highest BCUT2D eigenvalue weighted by Gasteiger charge is 2.19. The Morgan fingerprint density at radius 1 is 1.12 bits per heavy atom. The number of rotatable bonds is 6. The van der Waals surface area contributed by atoms with Crippen LogP contribution < -0.4 is 14.8 Å². The minimum Gasteiger partial charge on any atom is -0.618 e. The summed E-state index contributed by atoms with van der Waals surface area (Å²) in [4.78, 5) is 35.2. The summed E-state index contributed by atoms with van der Waals surface area (Å²) in [6.07, 6.45) is 1.08. The number of amides is 2. The van der Waals surface area contributed by atoms with Crippen molar-refractivity contribution in [3.8, 4) is 5.75 Å². The average Bonchev–Trinajstić information content (AvgIpc) is 2.60. The van der Waals surface area contributed by atoms with Crippen LogP contribution in [0.1, 0.15) is 20.8 Å². The Morgan fingerprint density at radius 3 is 2.42 bits per heavy atom. The van der Waals surface area contributed by atoms with Gasteiger partial charge >= 0.3 is 18.3 Å². The van der Waals surface area contributed by atoms with Crippen molar-refractivity contribution in [1.29, 1.82) is 0 Å². The Hall–Kier alpha value is -3.56. The smallest absolute Gasteiger partial charge is 0.405 e. The Kier molecular flexibility index (Phi) is 6.15. The molecule has 1 N–H and O–H groups in total. The van der Waals surface area contributed by atoms with Crippen LogP contribution >= 0.6 is 0 Å². The fourth-order valence-corrected chi connectivity index (χ4v) is 1.81. The van der Waals surface area contributed by atoms with E-state index in [1.807, 2.05) is 5.32 Å². The molecule has 0 unspecified atom stereocenters. The number of nitrogens with zero attached hydrogens (tertiary/aromatic N) is 1. The van der Waals surface area contributed by atoms with Gasteiger partial charge in [0, 0.05) is 17.7 Å². The molecular formula is C16H12F2N2O6. The van der Waals surface area contributed by atoms with E-state index in [2.05, 4.69) is 9.47 Å². The second-order valence-corrected chi connectivity index (χ2v) is 4.77. The largest absolute Gasteiger partial charge is 0.618 e. The number of halogens is 2. The van der Waals surface area contributed by atoms with Gasteiger partial charge in [-0.05, 0) is 30.3 Å². The van der Waals surface area contributed by atoms with E-state index in [4.69, 9.17) is 0 Å². The van der Waals surface area contributed by atoms with Crippen molar-refractivity contribution in [3.63, 3.8) is 0 Å². The number of pyridine rings is 1. The molecule has 0 saturated carbocycles. The van der Waals surface area contributed by atoms with E-state index in [0.29, 0.717) is 0 Å². The van der Waals surface area contributed by atoms with E-state index in [-0.39, 0.29) is 21.7 Å². The van der Waals surface area contributed by atoms with Gasteiger partial charge in [-0.3, -0.25) is 14.9 Å². The molecule has 2 rings (SSSR count). The van der Waals surface area contributed by atoms with Crippen LogP contribution in [0.5, 0.6) is 5.75 Å². The number of aromatic nitrogens is 1. The highest BCUT2D eigenvalue weighted by Crippen LogP contribution is 2.14. The zero-order chi connectivity index (χ0) is 19.1. The van der Waals surface area contributed by atoms with E-state index in [9.17, 15) is 28.4 Å². The van der Waals surface area contributed by atoms with Gasteiger partial charge in [0.2, 0.25) is 0 Å². The van der Waals surface area contributed by atoms with Crippen LogP contribution in [0.3, 0.4) is 0 Å². The zero-order valence-corrected chi connectivity index (χ0v) is 13.1. The SMILES string of the molecule is O=C(COC(=O)c1cccc[n+]1[O-])NC(=O)c1ccc(OC(F)F)cc1. The van der Waals surface area contributed by atoms with Gasteiger partial charge in [-0.15, -0.1) is 0 Å². The summed E-state index contributed by atoms with van der Waals surface area (Å²) in [5, 5.41) is 13.3. The lowest BCUT2D eigenvalue weighted by Crippen LogP contribution is -2.37. The molecule has 0 atom stereocenters. The van der Waals surface area contributed by atoms with Crippen LogP contribution in [0.4, 0.5) is 8.78 Å². The first-order valence-electron chi connectivity index (χ1n) is 7.11. The van der Waals surface area contributed by atoms with Crippen molar-refractivity contribution < 1.29 is 37.4 Å². The van der Waals surface area contributed by atoms with Crippen LogP contribution in [-0.4, -0.2) is 31.0 Å². The molecule has 0 saturated heterocycles. The number of nitrogens with one attached hydrogen (secondary N) is 1. The molecule has 10 heteroatoms. The minimum absolute atomic E-state index is 0.00625. The molecule has 0 aliphatic heterocycles. The Labute approximate surface area is 145 Å². The fourth-order valence-electron chi connectivity index (χ4n) is 1.81. The molecule has 0 bridgehead atoms. The molecule has 1 aromatic carbocycles. The monoisotopic (exact) mass is 366 g/mol. The lowest BCUT2D eigenvalue weighted by molar-refractivity contribution is -0.608. The van der Waals surface area contributed by atoms with E-state index >= 15 is 0 Å². The first-order chi connectivity index (χ1) is 12.4. The number of esters is 1. The summed E-state index contributed by atoms with van der Waals surface area (Å²) in [5.41, 5.74) is -0.312. The average molecular weight is 366 g/mol. The Morgan fingerprint density at radius 2 is 1.81 bits per heavy atom. The Balaban J connectivity index is 1.86. The van der Waals surface area contributed by atoms with Gasteiger partial charge in [-0.2, -0.15) is 13.5 Å². The number of hydrogen-bond donors (Lipinski definition) is 1. The summed E-state index contributed by atoms with van der Waals surface area (Å²) in [7, 11) is 0. The molecule has 2 amide bonds. The summed E-state index contributed by atoms with van der Waals surface area (Å²) in [6, 6.07) is 8.68. The quantitative estimate of drug-likeness (QED) is 0.465. The van der Waals surface area contributed by atoms with E-state index in [1.54, 1.807) is 0 Å². The van der Waals surface area contributed by atoms with Crippen LogP contribution in [-0.2, 0) is 9.53 Å². The third kappa shape index (κ3) is 5.23. The lowest BCUT2D eigenvalue weighted by Gasteiger charge is -2.07. The van der Waals surface area contributed by atoms with Crippen molar-refractivity contribution in [2.45, 2.75) is 6.61 Å². The van der Waals surface area contributed by atoms with Gasteiger partial charge in [0.25, 0.3) is 11.8 Å². The molecule has 8 nitrogen and oxygen atoms in total. The van der Waals surface area contributed by atoms with Gasteiger partial charge < -0.3 is 14.7 Å². The number of carbonyl (C=O) groups excluding carboxylic acids is 3. The normalized spacial score (nSPS) is 10.3. The molecule has 26 heavy (non-hydrogen) atoms. The maximum Gasteiger partial charge on any atom is 0.405 e. The maximum atomic E-state index is 12.0. The molecule has 0 spiro atoms. The fraction of sp³-hybridized carbons (Fsp3) is 0.125. The highest BCUT2D eigenvalue weighted by atomic mass is 19.3. The summed E-state index contributed by atoms with van der Waals surface area (Å²) >= 11 is 0. The number of ether oxygens (including phenoxy) is 2. The van der Waals surface area contributed by atoms with Crippen molar-refractivity contribution in [2.75, 3.05) is 6.61 Å². The molecule has 1 heterocycles. The summed E-state index contributed by atoms with van der Waals surface area (Å²) in [5.74, 6) is -2.93. The van der Waals surface area contributed by atoms with Crippen molar-refractivity contribution in [3.05, 3.63) is 65.1 Å². The van der Waals surface area contributed by atoms with Crippen LogP contribution in [0, 0.1) is 5.21 Å². The molecule has 0 fully saturated rings. The van der Waals surface area contributed by atoms with Crippen LogP contribution in [0.25, 0.3) is 0 Å². The first-order valence-corrected chi connectivity index (χ1v) is 7.11. The van der Waals surface area contributed by atoms with E-state index in [1.165, 1.54) is 30.3 Å². The van der Waals surface area contributed by atoms with Crippen molar-refractivity contribution >= 4 is 17.8 Å². The second kappa shape index (κ2) is 8.51. The number of imide groups is 1. The van der Waals surface area contributed by atoms with Gasteiger partial charge in [0.05, 0.1) is 0 Å². The summed E-state index contributed by atoms with van der Waals surface area (Å²) in [6.45, 7) is -3.78. The third-order valence-electron chi connectivity index (χ3n) is 2.96. The number of carbonyl (C=O) groups is 3. The van der Waals surface area contributed by atoms with Crippen molar-refractivity contribution in [1.82, 2.24) is 5.32 Å². The third-order valence-corrected chi connectivity index (χ3v) is 2.96. The van der Waals surface area contributed by atoms with Gasteiger partial charge in [0.1, 0.15) is 5.75 Å². The maximum absolute atomic E-state index is 12.0. The van der Waals surface area contributed by atoms with Crippen LogP contribution in [0.15, 0.2) is 48.7 Å². The van der Waals surface area contributed by atoms with E-state index in [0.717, 1.165) is 18.3 Å². The number of benzene rings is 1. The van der Waals surface area contributed by atoms with Crippen molar-refractivity contribution in [2.24, 2.45) is 0 Å². The molecule has 136 valence electrons. The predicted octanol–water partition coefficient (Wildman–Crippen LogP) is 1.03. The zero-order valence-electron chi connectivity index (χ0n) is 13.1. The minimum atomic E-state index is -3.00. The molecule has 0 aliphatic rings. The summed E-state index contributed by atoms with van der Waals surface area (Å²) < 4.78 is 33.1. The standard InChI is InChI=1S/C16H12F2N2O6/c17-16(18)26-11-6-4-10(5-7-11)14(22)19-13(21)9-25-15(23)12-3-1-2-8-20(12)24/h1-8,16H,9H2,(H,19,21,22). The number of hydrogen-bond acceptors (Lipinski definition) is 6. The molecule has 2 aromatic rings. The number of alkyl halides is 2. The van der Waals surface area contributed by atoms with Gasteiger partial charge in [-0.1, -0.05) is 0 Å². The lowest BCUT2D eigenvalue weighted by atomic mass is 10.2. The molecule has 0 aliphatic carbocycles. The molecular weight excluding hydrogens is 354 g/mol. The van der Waals surface area contributed by atoms with E-state index < -0.39 is 31.0 Å².